The molecule has 106 valence electrons. The number of benzene rings is 1. The van der Waals surface area contributed by atoms with Crippen LogP contribution in [0.5, 0.6) is 5.88 Å². The maximum absolute atomic E-state index is 12.1. The first-order valence-electron chi connectivity index (χ1n) is 5.91. The molecule has 0 saturated carbocycles. The van der Waals surface area contributed by atoms with Gasteiger partial charge in [0.2, 0.25) is 5.88 Å². The predicted octanol–water partition coefficient (Wildman–Crippen LogP) is 1.23. The summed E-state index contributed by atoms with van der Waals surface area (Å²) < 4.78 is 32.9. The molecule has 2 aromatic rings. The minimum Gasteiger partial charge on any atom is -0.571 e. The summed E-state index contributed by atoms with van der Waals surface area (Å²) in [4.78, 5) is 4.06. The highest BCUT2D eigenvalue weighted by Crippen LogP contribution is 2.27. The molecule has 7 heteroatoms. The Morgan fingerprint density at radius 1 is 1.20 bits per heavy atom. The minimum absolute atomic E-state index is 0.144. The van der Waals surface area contributed by atoms with E-state index in [-0.39, 0.29) is 10.6 Å². The van der Waals surface area contributed by atoms with Gasteiger partial charge in [-0.1, -0.05) is 18.2 Å². The van der Waals surface area contributed by atoms with Gasteiger partial charge in [-0.15, -0.1) is 5.69 Å². The van der Waals surface area contributed by atoms with Crippen LogP contribution in [0.2, 0.25) is 0 Å². The highest BCUT2D eigenvalue weighted by molar-refractivity contribution is 7.94. The normalized spacial score (nSPS) is 11.1. The van der Waals surface area contributed by atoms with Crippen molar-refractivity contribution >= 4 is 15.7 Å². The molecule has 0 aliphatic rings. The lowest BCUT2D eigenvalue weighted by molar-refractivity contribution is -0.386. The second-order valence-electron chi connectivity index (χ2n) is 4.02. The van der Waals surface area contributed by atoms with Crippen LogP contribution in [-0.2, 0) is 16.6 Å². The van der Waals surface area contributed by atoms with Crippen LogP contribution in [0.3, 0.4) is 0 Å². The van der Waals surface area contributed by atoms with E-state index < -0.39 is 10.0 Å². The average molecular weight is 293 g/mol. The van der Waals surface area contributed by atoms with Gasteiger partial charge in [0.25, 0.3) is 0 Å². The van der Waals surface area contributed by atoms with Gasteiger partial charge >= 0.3 is 0 Å². The van der Waals surface area contributed by atoms with Gasteiger partial charge in [-0.05, 0) is 18.2 Å². The number of aromatic nitrogens is 1. The number of hydrogen-bond donors (Lipinski definition) is 1. The molecule has 0 saturated heterocycles. The molecule has 6 nitrogen and oxygen atoms in total. The first-order valence-corrected chi connectivity index (χ1v) is 7.35. The summed E-state index contributed by atoms with van der Waals surface area (Å²) in [5.41, 5.74) is 4.96. The van der Waals surface area contributed by atoms with Crippen molar-refractivity contribution < 1.29 is 18.9 Å². The molecule has 0 radical (unpaired) electrons. The maximum Gasteiger partial charge on any atom is 0.212 e. The first-order chi connectivity index (χ1) is 9.55. The van der Waals surface area contributed by atoms with E-state index in [9.17, 15) is 8.42 Å². The van der Waals surface area contributed by atoms with Crippen molar-refractivity contribution in [3.8, 4) is 5.88 Å². The van der Waals surface area contributed by atoms with E-state index in [0.717, 1.165) is 5.56 Å². The Labute approximate surface area is 117 Å². The van der Waals surface area contributed by atoms with Crippen LogP contribution in [0.4, 0.5) is 5.69 Å². The monoisotopic (exact) mass is 293 g/mol. The molecule has 0 aliphatic carbocycles. The van der Waals surface area contributed by atoms with E-state index >= 15 is 0 Å². The molecule has 0 spiro atoms. The Balaban J connectivity index is 2.20. The van der Waals surface area contributed by atoms with Crippen LogP contribution in [0.25, 0.3) is 4.72 Å². The summed E-state index contributed by atoms with van der Waals surface area (Å²) in [5.74, 6) is 0.404. The molecule has 0 atom stereocenters. The van der Waals surface area contributed by atoms with Crippen LogP contribution < -0.4 is 10.5 Å². The summed E-state index contributed by atoms with van der Waals surface area (Å²) in [6.07, 6.45) is 1.35. The lowest BCUT2D eigenvalue weighted by Gasteiger charge is -2.21. The number of hydrogen-bond acceptors (Lipinski definition) is 4. The van der Waals surface area contributed by atoms with Crippen molar-refractivity contribution in [1.29, 1.82) is 0 Å². The van der Waals surface area contributed by atoms with Crippen LogP contribution in [-0.4, -0.2) is 20.5 Å². The second-order valence-corrected chi connectivity index (χ2v) is 5.62. The van der Waals surface area contributed by atoms with Crippen LogP contribution >= 0.6 is 0 Å². The SMILES string of the molecule is COc1ccc([N-]S(=O)(=O)c2ccc(C[NH3+])cc2)cn1. The third-order valence-electron chi connectivity index (χ3n) is 2.67. The lowest BCUT2D eigenvalue weighted by atomic mass is 10.2. The van der Waals surface area contributed by atoms with E-state index in [0.29, 0.717) is 12.4 Å². The van der Waals surface area contributed by atoms with E-state index in [4.69, 9.17) is 4.74 Å². The smallest absolute Gasteiger partial charge is 0.212 e. The standard InChI is InChI=1S/C13H14N3O3S/c1-19-13-7-4-11(9-15-13)16-20(17,18)12-5-2-10(8-14)3-6-12/h2-7,9H,8,14H2,1H3/q-1/p+1. The highest BCUT2D eigenvalue weighted by atomic mass is 32.2. The van der Waals surface area contributed by atoms with Gasteiger partial charge < -0.3 is 15.2 Å². The van der Waals surface area contributed by atoms with Crippen molar-refractivity contribution in [2.75, 3.05) is 7.11 Å². The van der Waals surface area contributed by atoms with Gasteiger partial charge in [-0.3, -0.25) is 0 Å². The summed E-state index contributed by atoms with van der Waals surface area (Å²) in [6.45, 7) is 0.611. The Bertz CT molecular complexity index is 667. The van der Waals surface area contributed by atoms with Gasteiger partial charge in [0.15, 0.2) is 0 Å². The Morgan fingerprint density at radius 3 is 2.40 bits per heavy atom. The third kappa shape index (κ3) is 3.25. The molecule has 1 aromatic heterocycles. The molecule has 3 N–H and O–H groups in total. The number of ether oxygens (including phenoxy) is 1. The molecule has 20 heavy (non-hydrogen) atoms. The Morgan fingerprint density at radius 2 is 1.90 bits per heavy atom. The topological polar surface area (TPSA) is 98.0 Å². The van der Waals surface area contributed by atoms with Crippen molar-refractivity contribution in [1.82, 2.24) is 4.98 Å². The minimum atomic E-state index is -3.73. The first kappa shape index (κ1) is 14.3. The molecule has 0 aliphatic heterocycles. The molecule has 0 bridgehead atoms. The molecular weight excluding hydrogens is 278 g/mol. The average Bonchev–Trinajstić information content (AvgIpc) is 2.48. The number of methoxy groups -OCH3 is 1. The van der Waals surface area contributed by atoms with Crippen LogP contribution in [0.15, 0.2) is 47.5 Å². The van der Waals surface area contributed by atoms with Gasteiger partial charge in [0.1, 0.15) is 10.0 Å². The number of pyridine rings is 1. The Kier molecular flexibility index (Phi) is 4.21. The van der Waals surface area contributed by atoms with Crippen molar-refractivity contribution in [3.05, 3.63) is 52.9 Å². The van der Waals surface area contributed by atoms with Gasteiger partial charge in [-0.2, -0.15) is 0 Å². The van der Waals surface area contributed by atoms with Crippen molar-refractivity contribution in [2.24, 2.45) is 0 Å². The number of quaternary nitrogens is 1. The lowest BCUT2D eigenvalue weighted by Crippen LogP contribution is -2.47. The van der Waals surface area contributed by atoms with Gasteiger partial charge in [0, 0.05) is 11.8 Å². The molecule has 0 amide bonds. The third-order valence-corrected chi connectivity index (χ3v) is 3.98. The second kappa shape index (κ2) is 5.89. The van der Waals surface area contributed by atoms with E-state index in [1.54, 1.807) is 18.2 Å². The summed E-state index contributed by atoms with van der Waals surface area (Å²) in [6, 6.07) is 9.59. The fourth-order valence-corrected chi connectivity index (χ4v) is 2.54. The molecule has 2 rings (SSSR count). The van der Waals surface area contributed by atoms with E-state index in [2.05, 4.69) is 15.4 Å². The van der Waals surface area contributed by atoms with Gasteiger partial charge in [0.05, 0.1) is 18.6 Å². The fourth-order valence-electron chi connectivity index (χ4n) is 1.57. The van der Waals surface area contributed by atoms with Gasteiger partial charge in [-0.25, -0.2) is 13.4 Å². The summed E-state index contributed by atoms with van der Waals surface area (Å²) in [5, 5.41) is 0. The van der Waals surface area contributed by atoms with Crippen molar-refractivity contribution in [3.63, 3.8) is 0 Å². The van der Waals surface area contributed by atoms with Crippen LogP contribution in [0, 0.1) is 0 Å². The largest absolute Gasteiger partial charge is 0.571 e. The quantitative estimate of drug-likeness (QED) is 0.896. The predicted molar refractivity (Wildman–Crippen MR) is 74.0 cm³/mol. The molecule has 1 aromatic carbocycles. The maximum atomic E-state index is 12.1. The summed E-state index contributed by atoms with van der Waals surface area (Å²) in [7, 11) is -2.25. The van der Waals surface area contributed by atoms with Crippen LogP contribution in [0.1, 0.15) is 5.56 Å². The zero-order chi connectivity index (χ0) is 14.6. The number of sulfonamides is 1. The highest BCUT2D eigenvalue weighted by Gasteiger charge is 2.05. The molecular formula is C13H15N3O3S. The fraction of sp³-hybridized carbons (Fsp3) is 0.154. The zero-order valence-electron chi connectivity index (χ0n) is 11.0. The van der Waals surface area contributed by atoms with E-state index in [1.165, 1.54) is 31.5 Å². The zero-order valence-corrected chi connectivity index (χ0v) is 11.8. The number of nitrogens with zero attached hydrogens (tertiary/aromatic N) is 2. The molecule has 1 heterocycles. The van der Waals surface area contributed by atoms with Crippen molar-refractivity contribution in [2.45, 2.75) is 11.4 Å². The molecule has 0 fully saturated rings. The Hall–Kier alpha value is -2.12. The summed E-state index contributed by atoms with van der Waals surface area (Å²) >= 11 is 0. The van der Waals surface area contributed by atoms with E-state index in [1.807, 2.05) is 0 Å². The number of rotatable bonds is 5. The molecule has 0 unspecified atom stereocenters.